The Balaban J connectivity index is 1.51. The standard InChI is InChI=1S/C35H31N3O3/c1-4-26-16-20-30(21-17-26)38-34(36-32-13-9-8-12-31(32)35(38)40)25(2)37(22-23-41-3)33(39)24-27-14-18-29(19-15-27)28-10-6-5-7-11-28/h1,5-21,25H,22-24H2,2-3H3. The van der Waals surface area contributed by atoms with Crippen molar-refractivity contribution in [3.05, 3.63) is 130 Å². The molecule has 5 aromatic rings. The van der Waals surface area contributed by atoms with E-state index < -0.39 is 6.04 Å². The first-order chi connectivity index (χ1) is 20.0. The van der Waals surface area contributed by atoms with Gasteiger partial charge in [-0.2, -0.15) is 0 Å². The first kappa shape index (κ1) is 27.6. The molecule has 5 rings (SSSR count). The second-order valence-electron chi connectivity index (χ2n) is 9.81. The van der Waals surface area contributed by atoms with Crippen LogP contribution in [0.1, 0.15) is 29.9 Å². The lowest BCUT2D eigenvalue weighted by Crippen LogP contribution is -2.40. The topological polar surface area (TPSA) is 64.4 Å². The lowest BCUT2D eigenvalue weighted by molar-refractivity contribution is -0.133. The van der Waals surface area contributed by atoms with E-state index in [0.29, 0.717) is 41.1 Å². The van der Waals surface area contributed by atoms with Gasteiger partial charge in [0.2, 0.25) is 5.91 Å². The minimum Gasteiger partial charge on any atom is -0.383 e. The van der Waals surface area contributed by atoms with Crippen molar-refractivity contribution in [3.63, 3.8) is 0 Å². The van der Waals surface area contributed by atoms with Crippen LogP contribution < -0.4 is 5.56 Å². The molecule has 0 N–H and O–H groups in total. The Bertz CT molecular complexity index is 1750. The van der Waals surface area contributed by atoms with Crippen molar-refractivity contribution in [1.29, 1.82) is 0 Å². The number of benzene rings is 4. The first-order valence-corrected chi connectivity index (χ1v) is 13.5. The number of ether oxygens (including phenoxy) is 1. The zero-order chi connectivity index (χ0) is 28.8. The van der Waals surface area contributed by atoms with Gasteiger partial charge in [0, 0.05) is 19.2 Å². The minimum atomic E-state index is -0.522. The molecule has 0 saturated heterocycles. The lowest BCUT2D eigenvalue weighted by atomic mass is 10.0. The molecule has 0 aliphatic heterocycles. The van der Waals surface area contributed by atoms with Crippen LogP contribution in [-0.4, -0.2) is 40.6 Å². The van der Waals surface area contributed by atoms with Crippen molar-refractivity contribution in [2.45, 2.75) is 19.4 Å². The van der Waals surface area contributed by atoms with Crippen molar-refractivity contribution in [2.75, 3.05) is 20.3 Å². The van der Waals surface area contributed by atoms with Gasteiger partial charge in [0.05, 0.1) is 35.7 Å². The van der Waals surface area contributed by atoms with Gasteiger partial charge in [-0.25, -0.2) is 4.98 Å². The number of amides is 1. The van der Waals surface area contributed by atoms with E-state index in [4.69, 9.17) is 16.1 Å². The average molecular weight is 542 g/mol. The van der Waals surface area contributed by atoms with Crippen LogP contribution in [0.25, 0.3) is 27.7 Å². The molecule has 1 heterocycles. The Morgan fingerprint density at radius 1 is 0.927 bits per heavy atom. The Labute approximate surface area is 239 Å². The Morgan fingerprint density at radius 3 is 2.27 bits per heavy atom. The van der Waals surface area contributed by atoms with Gasteiger partial charge < -0.3 is 9.64 Å². The van der Waals surface area contributed by atoms with Crippen LogP contribution in [0.2, 0.25) is 0 Å². The molecule has 0 bridgehead atoms. The molecule has 1 amide bonds. The molecular formula is C35H31N3O3. The normalized spacial score (nSPS) is 11.6. The molecule has 0 saturated carbocycles. The highest BCUT2D eigenvalue weighted by Crippen LogP contribution is 2.25. The van der Waals surface area contributed by atoms with Gasteiger partial charge in [0.1, 0.15) is 5.82 Å². The zero-order valence-corrected chi connectivity index (χ0v) is 23.2. The number of carbonyl (C=O) groups excluding carboxylic acids is 1. The maximum Gasteiger partial charge on any atom is 0.266 e. The van der Waals surface area contributed by atoms with Gasteiger partial charge >= 0.3 is 0 Å². The molecule has 0 aliphatic carbocycles. The summed E-state index contributed by atoms with van der Waals surface area (Å²) in [6.07, 6.45) is 5.76. The van der Waals surface area contributed by atoms with Crippen molar-refractivity contribution in [2.24, 2.45) is 0 Å². The third-order valence-electron chi connectivity index (χ3n) is 7.21. The van der Waals surface area contributed by atoms with Crippen molar-refractivity contribution >= 4 is 16.8 Å². The number of para-hydroxylation sites is 1. The molecule has 0 aliphatic rings. The molecule has 0 fully saturated rings. The highest BCUT2D eigenvalue weighted by Gasteiger charge is 2.27. The van der Waals surface area contributed by atoms with E-state index in [1.54, 1.807) is 46.9 Å². The van der Waals surface area contributed by atoms with E-state index in [9.17, 15) is 9.59 Å². The molecule has 204 valence electrons. The number of carbonyl (C=O) groups is 1. The second kappa shape index (κ2) is 12.5. The third-order valence-corrected chi connectivity index (χ3v) is 7.21. The molecule has 41 heavy (non-hydrogen) atoms. The first-order valence-electron chi connectivity index (χ1n) is 13.5. The van der Waals surface area contributed by atoms with E-state index in [1.165, 1.54) is 0 Å². The fourth-order valence-corrected chi connectivity index (χ4v) is 4.97. The molecule has 1 unspecified atom stereocenters. The number of nitrogens with zero attached hydrogens (tertiary/aromatic N) is 3. The summed E-state index contributed by atoms with van der Waals surface area (Å²) in [5.41, 5.74) is 4.82. The van der Waals surface area contributed by atoms with Crippen LogP contribution in [0.5, 0.6) is 0 Å². The van der Waals surface area contributed by atoms with E-state index in [-0.39, 0.29) is 17.9 Å². The van der Waals surface area contributed by atoms with Gasteiger partial charge in [-0.1, -0.05) is 72.7 Å². The zero-order valence-electron chi connectivity index (χ0n) is 23.2. The summed E-state index contributed by atoms with van der Waals surface area (Å²) >= 11 is 0. The minimum absolute atomic E-state index is 0.0846. The van der Waals surface area contributed by atoms with E-state index in [0.717, 1.165) is 16.7 Å². The predicted molar refractivity (Wildman–Crippen MR) is 163 cm³/mol. The molecule has 1 aromatic heterocycles. The summed E-state index contributed by atoms with van der Waals surface area (Å²) in [5, 5.41) is 0.498. The molecular weight excluding hydrogens is 510 g/mol. The number of rotatable bonds is 9. The third kappa shape index (κ3) is 5.96. The van der Waals surface area contributed by atoms with Crippen LogP contribution in [0.15, 0.2) is 108 Å². The number of terminal acetylenes is 1. The van der Waals surface area contributed by atoms with Gasteiger partial charge in [-0.3, -0.25) is 14.2 Å². The van der Waals surface area contributed by atoms with Gasteiger partial charge in [0.25, 0.3) is 5.56 Å². The summed E-state index contributed by atoms with van der Waals surface area (Å²) in [6, 6.07) is 32.1. The van der Waals surface area contributed by atoms with Crippen LogP contribution in [0.3, 0.4) is 0 Å². The molecule has 6 nitrogen and oxygen atoms in total. The van der Waals surface area contributed by atoms with Gasteiger partial charge in [-0.05, 0) is 60.0 Å². The highest BCUT2D eigenvalue weighted by molar-refractivity contribution is 5.80. The summed E-state index contributed by atoms with van der Waals surface area (Å²) in [4.78, 5) is 34.3. The monoisotopic (exact) mass is 541 g/mol. The quantitative estimate of drug-likeness (QED) is 0.221. The molecule has 0 radical (unpaired) electrons. The highest BCUT2D eigenvalue weighted by atomic mass is 16.5. The van der Waals surface area contributed by atoms with Crippen LogP contribution in [0, 0.1) is 12.3 Å². The molecule has 0 spiro atoms. The van der Waals surface area contributed by atoms with Crippen LogP contribution >= 0.6 is 0 Å². The second-order valence-corrected chi connectivity index (χ2v) is 9.81. The Morgan fingerprint density at radius 2 is 1.59 bits per heavy atom. The average Bonchev–Trinajstić information content (AvgIpc) is 3.02. The summed E-state index contributed by atoms with van der Waals surface area (Å²) in [7, 11) is 1.60. The van der Waals surface area contributed by atoms with Crippen molar-refractivity contribution < 1.29 is 9.53 Å². The van der Waals surface area contributed by atoms with Crippen molar-refractivity contribution in [3.8, 4) is 29.2 Å². The number of hydrogen-bond acceptors (Lipinski definition) is 4. The number of aromatic nitrogens is 2. The maximum atomic E-state index is 13.8. The molecule has 1 atom stereocenters. The summed E-state index contributed by atoms with van der Waals surface area (Å²) in [5.74, 6) is 2.99. The number of methoxy groups -OCH3 is 1. The fraction of sp³-hybridized carbons (Fsp3) is 0.171. The number of hydrogen-bond donors (Lipinski definition) is 0. The summed E-state index contributed by atoms with van der Waals surface area (Å²) in [6.45, 7) is 2.59. The SMILES string of the molecule is C#Cc1ccc(-n2c(C(C)N(CCOC)C(=O)Cc3ccc(-c4ccccc4)cc3)nc3ccccc3c2=O)cc1. The van der Waals surface area contributed by atoms with Gasteiger partial charge in [-0.15, -0.1) is 6.42 Å². The molecule has 4 aromatic carbocycles. The molecule has 6 heteroatoms. The van der Waals surface area contributed by atoms with Crippen LogP contribution in [0.4, 0.5) is 0 Å². The van der Waals surface area contributed by atoms with E-state index in [2.05, 4.69) is 18.1 Å². The van der Waals surface area contributed by atoms with E-state index >= 15 is 0 Å². The predicted octanol–water partition coefficient (Wildman–Crippen LogP) is 5.81. The van der Waals surface area contributed by atoms with Crippen LogP contribution in [-0.2, 0) is 16.0 Å². The smallest absolute Gasteiger partial charge is 0.266 e. The van der Waals surface area contributed by atoms with E-state index in [1.807, 2.05) is 67.6 Å². The fourth-order valence-electron chi connectivity index (χ4n) is 4.97. The Kier molecular flexibility index (Phi) is 8.38. The lowest BCUT2D eigenvalue weighted by Gasteiger charge is -2.30. The Hall–Kier alpha value is -4.99. The number of fused-ring (bicyclic) bond motifs is 1. The largest absolute Gasteiger partial charge is 0.383 e. The van der Waals surface area contributed by atoms with Crippen molar-refractivity contribution in [1.82, 2.24) is 14.5 Å². The maximum absolute atomic E-state index is 13.8. The summed E-state index contributed by atoms with van der Waals surface area (Å²) < 4.78 is 6.93. The van der Waals surface area contributed by atoms with Gasteiger partial charge in [0.15, 0.2) is 0 Å².